The van der Waals surface area contributed by atoms with Crippen LogP contribution in [0.1, 0.15) is 54.2 Å². The first-order chi connectivity index (χ1) is 9.15. The molecule has 3 aliphatic rings. The van der Waals surface area contributed by atoms with E-state index in [1.165, 1.54) is 22.0 Å². The molecule has 4 rings (SSSR count). The Morgan fingerprint density at radius 2 is 2.26 bits per heavy atom. The van der Waals surface area contributed by atoms with Gasteiger partial charge in [0.1, 0.15) is 0 Å². The molecule has 4 heteroatoms. The summed E-state index contributed by atoms with van der Waals surface area (Å²) in [7, 11) is 2.01. The number of aromatic nitrogens is 1. The van der Waals surface area contributed by atoms with Gasteiger partial charge in [0.05, 0.1) is 27.0 Å². The second-order valence-corrected chi connectivity index (χ2v) is 7.47. The monoisotopic (exact) mass is 276 g/mol. The lowest BCUT2D eigenvalue weighted by Crippen LogP contribution is -2.35. The minimum atomic E-state index is 0.102. The number of carbonyl (C=O) groups excluding carboxylic acids is 1. The smallest absolute Gasteiger partial charge is 0.229 e. The highest BCUT2D eigenvalue weighted by molar-refractivity contribution is 7.11. The quantitative estimate of drug-likeness (QED) is 0.850. The number of aryl methyl sites for hydroxylation is 2. The van der Waals surface area contributed by atoms with Crippen molar-refractivity contribution in [1.29, 1.82) is 0 Å². The number of hydrogen-bond acceptors (Lipinski definition) is 3. The van der Waals surface area contributed by atoms with Crippen LogP contribution in [-0.2, 0) is 17.6 Å². The van der Waals surface area contributed by atoms with E-state index in [9.17, 15) is 4.79 Å². The van der Waals surface area contributed by atoms with Crippen molar-refractivity contribution in [3.05, 3.63) is 15.6 Å². The molecule has 1 amide bonds. The second-order valence-electron chi connectivity index (χ2n) is 6.36. The van der Waals surface area contributed by atoms with Gasteiger partial charge in [-0.15, -0.1) is 11.3 Å². The number of nitrogens with zero attached hydrogens (tertiary/aromatic N) is 2. The summed E-state index contributed by atoms with van der Waals surface area (Å²) in [6, 6.07) is 0.297. The van der Waals surface area contributed by atoms with Crippen LogP contribution in [0.2, 0.25) is 0 Å². The fourth-order valence-corrected chi connectivity index (χ4v) is 4.74. The molecule has 2 fully saturated rings. The number of amides is 1. The Morgan fingerprint density at radius 1 is 1.53 bits per heavy atom. The zero-order valence-electron chi connectivity index (χ0n) is 11.6. The van der Waals surface area contributed by atoms with Gasteiger partial charge in [0.25, 0.3) is 0 Å². The lowest BCUT2D eigenvalue weighted by molar-refractivity contribution is -0.135. The van der Waals surface area contributed by atoms with E-state index in [0.29, 0.717) is 11.9 Å². The molecule has 0 spiro atoms. The molecule has 1 heterocycles. The van der Waals surface area contributed by atoms with Gasteiger partial charge in [-0.1, -0.05) is 6.92 Å². The van der Waals surface area contributed by atoms with Crippen LogP contribution in [0.3, 0.4) is 0 Å². The summed E-state index contributed by atoms with van der Waals surface area (Å²) in [5, 5.41) is 1.23. The predicted molar refractivity (Wildman–Crippen MR) is 75.1 cm³/mol. The Balaban J connectivity index is 1.61. The molecule has 19 heavy (non-hydrogen) atoms. The van der Waals surface area contributed by atoms with Crippen molar-refractivity contribution >= 4 is 17.2 Å². The Kier molecular flexibility index (Phi) is 2.39. The van der Waals surface area contributed by atoms with Crippen molar-refractivity contribution in [3.8, 4) is 0 Å². The van der Waals surface area contributed by atoms with Crippen molar-refractivity contribution in [3.63, 3.8) is 0 Å². The molecule has 2 saturated carbocycles. The number of thiazole rings is 1. The highest BCUT2D eigenvalue weighted by Gasteiger charge is 2.75. The highest BCUT2D eigenvalue weighted by Crippen LogP contribution is 2.76. The van der Waals surface area contributed by atoms with Crippen molar-refractivity contribution in [2.45, 2.75) is 51.5 Å². The first-order valence-corrected chi connectivity index (χ1v) is 8.23. The molecular weight excluding hydrogens is 256 g/mol. The Hall–Kier alpha value is -0.900. The largest absolute Gasteiger partial charge is 0.337 e. The normalized spacial score (nSPS) is 34.4. The van der Waals surface area contributed by atoms with Crippen molar-refractivity contribution in [2.24, 2.45) is 11.3 Å². The van der Waals surface area contributed by atoms with Crippen molar-refractivity contribution < 1.29 is 4.79 Å². The molecule has 3 aliphatic carbocycles. The topological polar surface area (TPSA) is 33.2 Å². The van der Waals surface area contributed by atoms with E-state index in [0.717, 1.165) is 38.0 Å². The minimum absolute atomic E-state index is 0.102. The number of carbonyl (C=O) groups is 1. The van der Waals surface area contributed by atoms with Crippen LogP contribution in [0.25, 0.3) is 0 Å². The molecule has 0 aromatic carbocycles. The average Bonchev–Trinajstić information content (AvgIpc) is 3.23. The summed E-state index contributed by atoms with van der Waals surface area (Å²) in [4.78, 5) is 20.7. The molecule has 0 aliphatic heterocycles. The van der Waals surface area contributed by atoms with Crippen LogP contribution in [0, 0.1) is 11.3 Å². The molecule has 1 unspecified atom stereocenters. The SMILES string of the molecule is CCc1nc2c(s1)C(N(C)C(=O)C13CC1C3)CCC2. The van der Waals surface area contributed by atoms with E-state index in [1.807, 2.05) is 23.3 Å². The molecule has 0 N–H and O–H groups in total. The first-order valence-electron chi connectivity index (χ1n) is 7.41. The molecule has 102 valence electrons. The predicted octanol–water partition coefficient (Wildman–Crippen LogP) is 2.95. The molecule has 0 radical (unpaired) electrons. The Morgan fingerprint density at radius 3 is 2.89 bits per heavy atom. The third-order valence-electron chi connectivity index (χ3n) is 5.16. The fraction of sp³-hybridized carbons (Fsp3) is 0.733. The summed E-state index contributed by atoms with van der Waals surface area (Å²) in [6.45, 7) is 2.16. The molecule has 3 nitrogen and oxygen atoms in total. The number of fused-ring (bicyclic) bond motifs is 2. The summed E-state index contributed by atoms with van der Waals surface area (Å²) in [5.74, 6) is 1.14. The van der Waals surface area contributed by atoms with Crippen LogP contribution < -0.4 is 0 Å². The maximum absolute atomic E-state index is 12.6. The van der Waals surface area contributed by atoms with Gasteiger partial charge >= 0.3 is 0 Å². The standard InChI is InChI=1S/C15H20N2OS/c1-3-12-16-10-5-4-6-11(13(10)19-12)17(2)14(18)15-7-9(15)8-15/h9,11H,3-8H2,1-2H3. The molecule has 1 aromatic rings. The average molecular weight is 276 g/mol. The molecule has 0 bridgehead atoms. The summed E-state index contributed by atoms with van der Waals surface area (Å²) >= 11 is 1.83. The maximum atomic E-state index is 12.6. The van der Waals surface area contributed by atoms with Gasteiger partial charge in [-0.3, -0.25) is 4.79 Å². The molecule has 1 atom stereocenters. The van der Waals surface area contributed by atoms with E-state index < -0.39 is 0 Å². The third-order valence-corrected chi connectivity index (χ3v) is 6.51. The van der Waals surface area contributed by atoms with E-state index in [4.69, 9.17) is 4.98 Å². The van der Waals surface area contributed by atoms with Crippen LogP contribution in [0.15, 0.2) is 0 Å². The second kappa shape index (κ2) is 3.81. The van der Waals surface area contributed by atoms with E-state index in [-0.39, 0.29) is 5.41 Å². The Bertz CT molecular complexity index is 544. The third kappa shape index (κ3) is 1.62. The number of rotatable bonds is 3. The summed E-state index contributed by atoms with van der Waals surface area (Å²) in [5.41, 5.74) is 1.36. The lowest BCUT2D eigenvalue weighted by Gasteiger charge is -2.31. The van der Waals surface area contributed by atoms with Gasteiger partial charge < -0.3 is 4.90 Å². The number of hydrogen-bond donors (Lipinski definition) is 0. The zero-order chi connectivity index (χ0) is 13.2. The fourth-order valence-electron chi connectivity index (χ4n) is 3.51. The summed E-state index contributed by atoms with van der Waals surface area (Å²) in [6.07, 6.45) is 6.68. The van der Waals surface area contributed by atoms with Crippen LogP contribution in [0.5, 0.6) is 0 Å². The van der Waals surface area contributed by atoms with Gasteiger partial charge in [-0.05, 0) is 44.4 Å². The summed E-state index contributed by atoms with van der Waals surface area (Å²) < 4.78 is 0. The maximum Gasteiger partial charge on any atom is 0.229 e. The molecule has 0 saturated heterocycles. The van der Waals surface area contributed by atoms with Gasteiger partial charge in [0.15, 0.2) is 0 Å². The van der Waals surface area contributed by atoms with Gasteiger partial charge in [-0.25, -0.2) is 4.98 Å². The van der Waals surface area contributed by atoms with Crippen LogP contribution in [-0.4, -0.2) is 22.8 Å². The zero-order valence-corrected chi connectivity index (χ0v) is 12.4. The lowest BCUT2D eigenvalue weighted by atomic mass is 9.96. The van der Waals surface area contributed by atoms with Crippen LogP contribution in [0.4, 0.5) is 0 Å². The Labute approximate surface area is 118 Å². The highest BCUT2D eigenvalue weighted by atomic mass is 32.1. The van der Waals surface area contributed by atoms with Crippen LogP contribution >= 0.6 is 11.3 Å². The molecular formula is C15H20N2OS. The van der Waals surface area contributed by atoms with E-state index >= 15 is 0 Å². The van der Waals surface area contributed by atoms with Gasteiger partial charge in [0, 0.05) is 7.05 Å². The van der Waals surface area contributed by atoms with Crippen molar-refractivity contribution in [1.82, 2.24) is 9.88 Å². The van der Waals surface area contributed by atoms with E-state index in [2.05, 4.69) is 6.92 Å². The first kappa shape index (κ1) is 11.9. The minimum Gasteiger partial charge on any atom is -0.337 e. The van der Waals surface area contributed by atoms with E-state index in [1.54, 1.807) is 0 Å². The van der Waals surface area contributed by atoms with Crippen molar-refractivity contribution in [2.75, 3.05) is 7.05 Å². The molecule has 1 aromatic heterocycles. The van der Waals surface area contributed by atoms with Gasteiger partial charge in [-0.2, -0.15) is 0 Å². The van der Waals surface area contributed by atoms with Gasteiger partial charge in [0.2, 0.25) is 5.91 Å².